The predicted molar refractivity (Wildman–Crippen MR) is 81.6 cm³/mol. The molecule has 1 saturated heterocycles. The Kier molecular flexibility index (Phi) is 6.03. The van der Waals surface area contributed by atoms with Gasteiger partial charge in [-0.1, -0.05) is 0 Å². The summed E-state index contributed by atoms with van der Waals surface area (Å²) >= 11 is 0. The zero-order valence-corrected chi connectivity index (χ0v) is 14.1. The van der Waals surface area contributed by atoms with Crippen molar-refractivity contribution in [2.24, 2.45) is 5.92 Å². The van der Waals surface area contributed by atoms with Crippen LogP contribution in [0.2, 0.25) is 0 Å². The molecule has 0 spiro atoms. The lowest BCUT2D eigenvalue weighted by Crippen LogP contribution is -2.30. The summed E-state index contributed by atoms with van der Waals surface area (Å²) in [5, 5.41) is 2.06. The minimum absolute atomic E-state index is 0.0130. The molecule has 0 aromatic heterocycles. The van der Waals surface area contributed by atoms with E-state index in [2.05, 4.69) is 5.32 Å². The summed E-state index contributed by atoms with van der Waals surface area (Å²) in [6.45, 7) is 0.489. The van der Waals surface area contributed by atoms with Crippen LogP contribution >= 0.6 is 0 Å². The molecule has 0 aliphatic carbocycles. The number of ether oxygens (including phenoxy) is 1. The van der Waals surface area contributed by atoms with Gasteiger partial charge in [0.1, 0.15) is 0 Å². The first-order valence-corrected chi connectivity index (χ1v) is 7.79. The Bertz CT molecular complexity index is 685. The third-order valence-electron chi connectivity index (χ3n) is 4.01. The minimum Gasteiger partial charge on any atom is -0.383 e. The van der Waals surface area contributed by atoms with Gasteiger partial charge >= 0.3 is 12.4 Å². The van der Waals surface area contributed by atoms with Crippen molar-refractivity contribution in [3.05, 3.63) is 29.3 Å². The molecular weight excluding hydrogens is 382 g/mol. The maximum absolute atomic E-state index is 12.9. The van der Waals surface area contributed by atoms with E-state index in [1.54, 1.807) is 0 Å². The molecule has 1 heterocycles. The number of benzene rings is 1. The molecule has 0 saturated carbocycles. The van der Waals surface area contributed by atoms with Crippen molar-refractivity contribution < 1.29 is 40.7 Å². The number of nitrogens with zero attached hydrogens (tertiary/aromatic N) is 1. The number of hydrogen-bond donors (Lipinski definition) is 1. The highest BCUT2D eigenvalue weighted by Crippen LogP contribution is 2.37. The number of likely N-dealkylation sites (tertiary alicyclic amines) is 1. The summed E-state index contributed by atoms with van der Waals surface area (Å²) in [6, 6.07) is 0.820. The van der Waals surface area contributed by atoms with Crippen LogP contribution in [0.1, 0.15) is 17.5 Å². The molecule has 1 N–H and O–H groups in total. The van der Waals surface area contributed by atoms with Crippen molar-refractivity contribution in [3.8, 4) is 0 Å². The monoisotopic (exact) mass is 398 g/mol. The van der Waals surface area contributed by atoms with Crippen LogP contribution in [-0.4, -0.2) is 43.5 Å². The topological polar surface area (TPSA) is 58.6 Å². The van der Waals surface area contributed by atoms with E-state index >= 15 is 0 Å². The molecule has 1 aromatic rings. The Labute approximate surface area is 150 Å². The molecule has 5 nitrogen and oxygen atoms in total. The van der Waals surface area contributed by atoms with Gasteiger partial charge in [-0.2, -0.15) is 26.3 Å². The number of methoxy groups -OCH3 is 1. The summed E-state index contributed by atoms with van der Waals surface area (Å²) in [5.74, 6) is -2.04. The molecule has 27 heavy (non-hydrogen) atoms. The van der Waals surface area contributed by atoms with Crippen LogP contribution in [0.15, 0.2) is 18.2 Å². The normalized spacial score (nSPS) is 18.1. The fourth-order valence-electron chi connectivity index (χ4n) is 2.64. The largest absolute Gasteiger partial charge is 0.416 e. The van der Waals surface area contributed by atoms with Crippen LogP contribution in [0.4, 0.5) is 32.0 Å². The van der Waals surface area contributed by atoms with E-state index in [1.165, 1.54) is 12.0 Å². The average molecular weight is 398 g/mol. The summed E-state index contributed by atoms with van der Waals surface area (Å²) < 4.78 is 81.9. The van der Waals surface area contributed by atoms with Crippen molar-refractivity contribution in [2.45, 2.75) is 18.8 Å². The van der Waals surface area contributed by atoms with Gasteiger partial charge in [-0.05, 0) is 18.2 Å². The number of carbonyl (C=O) groups is 2. The molecule has 1 atom stereocenters. The summed E-state index contributed by atoms with van der Waals surface area (Å²) in [4.78, 5) is 25.4. The molecule has 1 aliphatic rings. The second-order valence-electron chi connectivity index (χ2n) is 6.02. The van der Waals surface area contributed by atoms with E-state index in [-0.39, 0.29) is 38.1 Å². The van der Waals surface area contributed by atoms with Crippen LogP contribution < -0.4 is 5.32 Å². The third kappa shape index (κ3) is 5.34. The Morgan fingerprint density at radius 2 is 1.70 bits per heavy atom. The number of amides is 2. The second-order valence-corrected chi connectivity index (χ2v) is 6.02. The van der Waals surface area contributed by atoms with Crippen molar-refractivity contribution in [1.29, 1.82) is 0 Å². The Morgan fingerprint density at radius 1 is 1.15 bits per heavy atom. The molecule has 1 fully saturated rings. The van der Waals surface area contributed by atoms with Gasteiger partial charge in [-0.3, -0.25) is 9.59 Å². The third-order valence-corrected chi connectivity index (χ3v) is 4.01. The van der Waals surface area contributed by atoms with Crippen molar-refractivity contribution in [1.82, 2.24) is 4.90 Å². The number of rotatable bonds is 5. The summed E-state index contributed by atoms with van der Waals surface area (Å²) in [6.07, 6.45) is -10.2. The molecule has 2 amide bonds. The highest BCUT2D eigenvalue weighted by atomic mass is 19.4. The van der Waals surface area contributed by atoms with Crippen molar-refractivity contribution in [3.63, 3.8) is 0 Å². The number of alkyl halides is 6. The maximum atomic E-state index is 12.9. The van der Waals surface area contributed by atoms with Crippen LogP contribution in [-0.2, 0) is 26.7 Å². The average Bonchev–Trinajstić information content (AvgIpc) is 2.92. The highest BCUT2D eigenvalue weighted by Gasteiger charge is 2.38. The fraction of sp³-hybridized carbons (Fsp3) is 0.500. The molecule has 0 bridgehead atoms. The lowest BCUT2D eigenvalue weighted by molar-refractivity contribution is -0.143. The Balaban J connectivity index is 2.19. The lowest BCUT2D eigenvalue weighted by Gasteiger charge is -2.17. The molecule has 1 unspecified atom stereocenters. The minimum atomic E-state index is -5.01. The number of halogens is 6. The Morgan fingerprint density at radius 3 is 2.19 bits per heavy atom. The standard InChI is InChI=1S/C16H16F6N2O3/c1-27-3-2-24-8-9(4-13(24)25)14(26)23-12-6-10(15(17,18)19)5-11(7-12)16(20,21)22/h5-7,9H,2-4,8H2,1H3,(H,23,26). The number of nitrogens with one attached hydrogen (secondary N) is 1. The number of hydrogen-bond acceptors (Lipinski definition) is 3. The lowest BCUT2D eigenvalue weighted by atomic mass is 10.1. The van der Waals surface area contributed by atoms with Crippen LogP contribution in [0.25, 0.3) is 0 Å². The van der Waals surface area contributed by atoms with E-state index in [0.717, 1.165) is 0 Å². The molecule has 2 rings (SSSR count). The zero-order chi connectivity index (χ0) is 20.4. The van der Waals surface area contributed by atoms with E-state index in [9.17, 15) is 35.9 Å². The van der Waals surface area contributed by atoms with Gasteiger partial charge in [0.25, 0.3) is 0 Å². The zero-order valence-electron chi connectivity index (χ0n) is 14.1. The highest BCUT2D eigenvalue weighted by molar-refractivity contribution is 5.97. The molecule has 11 heteroatoms. The van der Waals surface area contributed by atoms with Crippen molar-refractivity contribution >= 4 is 17.5 Å². The first-order chi connectivity index (χ1) is 12.4. The van der Waals surface area contributed by atoms with Crippen molar-refractivity contribution in [2.75, 3.05) is 32.1 Å². The molecule has 150 valence electrons. The molecule has 1 aliphatic heterocycles. The Hall–Kier alpha value is -2.30. The van der Waals surface area contributed by atoms with Gasteiger partial charge in [0, 0.05) is 32.3 Å². The first kappa shape index (κ1) is 21.0. The molecule has 1 aromatic carbocycles. The smallest absolute Gasteiger partial charge is 0.383 e. The van der Waals surface area contributed by atoms with Gasteiger partial charge in [-0.15, -0.1) is 0 Å². The molecule has 0 radical (unpaired) electrons. The first-order valence-electron chi connectivity index (χ1n) is 7.79. The van der Waals surface area contributed by atoms with Gasteiger partial charge in [0.05, 0.1) is 23.7 Å². The van der Waals surface area contributed by atoms with Crippen LogP contribution in [0.5, 0.6) is 0 Å². The quantitative estimate of drug-likeness (QED) is 0.776. The van der Waals surface area contributed by atoms with Gasteiger partial charge in [0.15, 0.2) is 0 Å². The van der Waals surface area contributed by atoms with Crippen LogP contribution in [0, 0.1) is 5.92 Å². The van der Waals surface area contributed by atoms with Gasteiger partial charge in [0.2, 0.25) is 11.8 Å². The fourth-order valence-corrected chi connectivity index (χ4v) is 2.64. The van der Waals surface area contributed by atoms with Gasteiger partial charge < -0.3 is 15.0 Å². The van der Waals surface area contributed by atoms with E-state index < -0.39 is 41.0 Å². The SMILES string of the molecule is COCCN1CC(C(=O)Nc2cc(C(F)(F)F)cc(C(F)(F)F)c2)CC1=O. The van der Waals surface area contributed by atoms with E-state index in [4.69, 9.17) is 4.74 Å². The maximum Gasteiger partial charge on any atom is 0.416 e. The predicted octanol–water partition coefficient (Wildman–Crippen LogP) is 3.16. The number of carbonyl (C=O) groups excluding carboxylic acids is 2. The van der Waals surface area contributed by atoms with Crippen LogP contribution in [0.3, 0.4) is 0 Å². The summed E-state index contributed by atoms with van der Waals surface area (Å²) in [7, 11) is 1.43. The summed E-state index contributed by atoms with van der Waals surface area (Å²) in [5.41, 5.74) is -3.70. The van der Waals surface area contributed by atoms with E-state index in [0.29, 0.717) is 12.1 Å². The van der Waals surface area contributed by atoms with Gasteiger partial charge in [-0.25, -0.2) is 0 Å². The molecular formula is C16H16F6N2O3. The number of anilines is 1. The van der Waals surface area contributed by atoms with E-state index in [1.807, 2.05) is 0 Å². The second kappa shape index (κ2) is 7.75.